The molecule has 3 aromatic carbocycles. The van der Waals surface area contributed by atoms with Crippen LogP contribution in [0.2, 0.25) is 0 Å². The standard InChI is InChI=1S/C28H26N4O5/c1-36-11-10-29-27(34)37-15-28(35)13-31-19-8-4-2-6-16(19)21-18-12-30-26(33)23(18)22-17-7-3-5-9-20(17)32(14-28)25(22)24(21)31/h2-9,12,30,33,35H,10-11,13-15H2,1H3,(H,29,34). The molecule has 1 unspecified atom stereocenters. The second-order valence-corrected chi connectivity index (χ2v) is 9.80. The number of carbonyl (C=O) groups is 1. The van der Waals surface area contributed by atoms with E-state index in [1.54, 1.807) is 7.11 Å². The summed E-state index contributed by atoms with van der Waals surface area (Å²) < 4.78 is 14.7. The van der Waals surface area contributed by atoms with Gasteiger partial charge < -0.3 is 39.1 Å². The van der Waals surface area contributed by atoms with Gasteiger partial charge >= 0.3 is 6.09 Å². The lowest BCUT2D eigenvalue weighted by Gasteiger charge is -2.28. The number of alkyl carbamates (subject to hydrolysis) is 1. The molecule has 37 heavy (non-hydrogen) atoms. The van der Waals surface area contributed by atoms with Crippen molar-refractivity contribution in [1.82, 2.24) is 19.4 Å². The van der Waals surface area contributed by atoms with Crippen LogP contribution in [0.4, 0.5) is 4.79 Å². The number of amides is 1. The molecule has 6 aromatic rings. The molecule has 3 aromatic heterocycles. The van der Waals surface area contributed by atoms with E-state index in [4.69, 9.17) is 9.47 Å². The number of nitrogens with zero attached hydrogens (tertiary/aromatic N) is 2. The highest BCUT2D eigenvalue weighted by Crippen LogP contribution is 2.48. The van der Waals surface area contributed by atoms with Crippen LogP contribution >= 0.6 is 0 Å². The summed E-state index contributed by atoms with van der Waals surface area (Å²) in [7, 11) is 1.56. The minimum Gasteiger partial charge on any atom is -0.494 e. The molecule has 1 amide bonds. The van der Waals surface area contributed by atoms with E-state index in [1.165, 1.54) is 0 Å². The minimum atomic E-state index is -1.39. The maximum atomic E-state index is 12.3. The van der Waals surface area contributed by atoms with E-state index >= 15 is 0 Å². The van der Waals surface area contributed by atoms with Gasteiger partial charge in [-0.3, -0.25) is 0 Å². The summed E-state index contributed by atoms with van der Waals surface area (Å²) in [6, 6.07) is 16.1. The van der Waals surface area contributed by atoms with Crippen molar-refractivity contribution < 1.29 is 24.5 Å². The molecule has 0 spiro atoms. The van der Waals surface area contributed by atoms with Crippen molar-refractivity contribution in [3.8, 4) is 5.88 Å². The zero-order valence-electron chi connectivity index (χ0n) is 20.2. The van der Waals surface area contributed by atoms with Crippen LogP contribution in [-0.2, 0) is 22.6 Å². The van der Waals surface area contributed by atoms with Gasteiger partial charge in [0.05, 0.1) is 36.1 Å². The van der Waals surface area contributed by atoms with E-state index < -0.39 is 11.7 Å². The van der Waals surface area contributed by atoms with Gasteiger partial charge in [-0.2, -0.15) is 0 Å². The Labute approximate surface area is 210 Å². The fourth-order valence-electron chi connectivity index (χ4n) is 6.05. The number of carbonyl (C=O) groups excluding carboxylic acids is 1. The van der Waals surface area contributed by atoms with Crippen molar-refractivity contribution in [2.75, 3.05) is 26.9 Å². The molecule has 4 heterocycles. The topological polar surface area (TPSA) is 114 Å². The highest BCUT2D eigenvalue weighted by molar-refractivity contribution is 6.36. The number of aromatic hydroxyl groups is 1. The number of nitrogens with one attached hydrogen (secondary N) is 2. The Morgan fingerprint density at radius 2 is 1.59 bits per heavy atom. The number of aromatic nitrogens is 3. The maximum Gasteiger partial charge on any atom is 0.407 e. The third kappa shape index (κ3) is 3.07. The first-order chi connectivity index (χ1) is 18.0. The number of fused-ring (bicyclic) bond motifs is 9. The number of rotatable bonds is 5. The van der Waals surface area contributed by atoms with Gasteiger partial charge in [-0.1, -0.05) is 36.4 Å². The molecule has 188 valence electrons. The molecule has 1 aliphatic heterocycles. The van der Waals surface area contributed by atoms with Crippen molar-refractivity contribution in [2.24, 2.45) is 0 Å². The first-order valence-corrected chi connectivity index (χ1v) is 12.3. The van der Waals surface area contributed by atoms with E-state index in [1.807, 2.05) is 48.7 Å². The molecule has 1 aliphatic rings. The van der Waals surface area contributed by atoms with E-state index in [2.05, 4.69) is 25.5 Å². The Bertz CT molecular complexity index is 1860. The second-order valence-electron chi connectivity index (χ2n) is 9.80. The van der Waals surface area contributed by atoms with Crippen molar-refractivity contribution in [1.29, 1.82) is 0 Å². The summed E-state index contributed by atoms with van der Waals surface area (Å²) in [5, 5.41) is 31.3. The average molecular weight is 499 g/mol. The predicted molar refractivity (Wildman–Crippen MR) is 142 cm³/mol. The molecule has 0 aliphatic carbocycles. The van der Waals surface area contributed by atoms with Crippen LogP contribution < -0.4 is 5.32 Å². The highest BCUT2D eigenvalue weighted by Gasteiger charge is 2.37. The fraction of sp³-hybridized carbons (Fsp3) is 0.250. The van der Waals surface area contributed by atoms with Crippen LogP contribution in [0.25, 0.3) is 54.4 Å². The molecule has 7 rings (SSSR count). The van der Waals surface area contributed by atoms with Crippen molar-refractivity contribution in [2.45, 2.75) is 18.7 Å². The summed E-state index contributed by atoms with van der Waals surface area (Å²) in [6.45, 7) is 0.947. The van der Waals surface area contributed by atoms with Crippen molar-refractivity contribution >= 4 is 60.5 Å². The molecule has 0 radical (unpaired) electrons. The number of H-pyrrole nitrogens is 1. The van der Waals surface area contributed by atoms with Crippen LogP contribution in [0.3, 0.4) is 0 Å². The number of hydrogen-bond acceptors (Lipinski definition) is 5. The number of methoxy groups -OCH3 is 1. The smallest absolute Gasteiger partial charge is 0.407 e. The molecular formula is C28H26N4O5. The Hall–Kier alpha value is -4.21. The van der Waals surface area contributed by atoms with Crippen molar-refractivity contribution in [3.05, 3.63) is 54.7 Å². The zero-order chi connectivity index (χ0) is 25.3. The van der Waals surface area contributed by atoms with E-state index in [-0.39, 0.29) is 25.6 Å². The lowest BCUT2D eigenvalue weighted by molar-refractivity contribution is -0.0424. The van der Waals surface area contributed by atoms with Gasteiger partial charge in [-0.15, -0.1) is 0 Å². The SMILES string of the molecule is COCCNC(=O)OCC1(O)Cn2c3ccccc3c3c4c[nH]c(O)c4c4c5ccccc5n(c4c32)C1. The van der Waals surface area contributed by atoms with Crippen LogP contribution in [-0.4, -0.2) is 62.9 Å². The number of aliphatic hydroxyl groups is 1. The van der Waals surface area contributed by atoms with Crippen LogP contribution in [0.15, 0.2) is 54.7 Å². The molecule has 0 fully saturated rings. The molecule has 9 heteroatoms. The predicted octanol–water partition coefficient (Wildman–Crippen LogP) is 4.21. The van der Waals surface area contributed by atoms with E-state index in [0.717, 1.165) is 54.4 Å². The van der Waals surface area contributed by atoms with Gasteiger partial charge in [0.15, 0.2) is 5.88 Å². The summed E-state index contributed by atoms with van der Waals surface area (Å²) in [4.78, 5) is 15.4. The van der Waals surface area contributed by atoms with Gasteiger partial charge in [0.25, 0.3) is 0 Å². The Kier molecular flexibility index (Phi) is 4.70. The Morgan fingerprint density at radius 1 is 0.973 bits per heavy atom. The lowest BCUT2D eigenvalue weighted by Crippen LogP contribution is -2.44. The van der Waals surface area contributed by atoms with Gasteiger partial charge in [0.2, 0.25) is 0 Å². The largest absolute Gasteiger partial charge is 0.494 e. The summed E-state index contributed by atoms with van der Waals surface area (Å²) in [5.41, 5.74) is 2.44. The maximum absolute atomic E-state index is 12.3. The zero-order valence-corrected chi connectivity index (χ0v) is 20.2. The van der Waals surface area contributed by atoms with E-state index in [9.17, 15) is 15.0 Å². The summed E-state index contributed by atoms with van der Waals surface area (Å²) in [5.74, 6) is 0.118. The third-order valence-electron chi connectivity index (χ3n) is 7.50. The third-order valence-corrected chi connectivity index (χ3v) is 7.50. The Balaban J connectivity index is 1.52. The number of ether oxygens (including phenoxy) is 2. The average Bonchev–Trinajstić information content (AvgIpc) is 3.51. The normalized spacial score (nSPS) is 17.5. The van der Waals surface area contributed by atoms with Gasteiger partial charge in [-0.05, 0) is 12.1 Å². The minimum absolute atomic E-state index is 0.118. The monoisotopic (exact) mass is 498 g/mol. The Morgan fingerprint density at radius 3 is 2.27 bits per heavy atom. The second kappa shape index (κ2) is 7.89. The van der Waals surface area contributed by atoms with Crippen LogP contribution in [0, 0.1) is 0 Å². The van der Waals surface area contributed by atoms with E-state index in [0.29, 0.717) is 13.2 Å². The lowest BCUT2D eigenvalue weighted by atomic mass is 10.0. The quantitative estimate of drug-likeness (QED) is 0.266. The van der Waals surface area contributed by atoms with Gasteiger partial charge in [-0.25, -0.2) is 4.79 Å². The first kappa shape index (κ1) is 22.0. The number of aromatic amines is 1. The molecular weight excluding hydrogens is 472 g/mol. The highest BCUT2D eigenvalue weighted by atomic mass is 16.6. The molecule has 9 nitrogen and oxygen atoms in total. The summed E-state index contributed by atoms with van der Waals surface area (Å²) in [6.07, 6.45) is 1.25. The molecule has 0 saturated carbocycles. The van der Waals surface area contributed by atoms with Crippen molar-refractivity contribution in [3.63, 3.8) is 0 Å². The van der Waals surface area contributed by atoms with Gasteiger partial charge in [0, 0.05) is 57.8 Å². The first-order valence-electron chi connectivity index (χ1n) is 12.3. The number of para-hydroxylation sites is 2. The van der Waals surface area contributed by atoms with Gasteiger partial charge in [0.1, 0.15) is 12.2 Å². The summed E-state index contributed by atoms with van der Waals surface area (Å²) >= 11 is 0. The number of hydrogen-bond donors (Lipinski definition) is 4. The number of benzene rings is 3. The molecule has 0 saturated heterocycles. The fourth-order valence-corrected chi connectivity index (χ4v) is 6.05. The molecule has 4 N–H and O–H groups in total. The van der Waals surface area contributed by atoms with Crippen LogP contribution in [0.5, 0.6) is 5.88 Å². The molecule has 0 bridgehead atoms. The van der Waals surface area contributed by atoms with Crippen LogP contribution in [0.1, 0.15) is 0 Å². The molecule has 1 atom stereocenters.